The number of nitrogens with zero attached hydrogens (tertiary/aromatic N) is 1. The third-order valence-corrected chi connectivity index (χ3v) is 4.45. The molecule has 1 amide bonds. The Hall–Kier alpha value is -2.76. The number of carbonyl (C=O) groups is 2. The molecule has 0 saturated carbocycles. The van der Waals surface area contributed by atoms with Crippen molar-refractivity contribution in [2.24, 2.45) is 0 Å². The minimum absolute atomic E-state index is 0.0222. The molecule has 3 rings (SSSR count). The molecule has 9 heteroatoms. The second kappa shape index (κ2) is 7.01. The van der Waals surface area contributed by atoms with E-state index < -0.39 is 18.0 Å². The first-order chi connectivity index (χ1) is 12.0. The second-order valence-corrected chi connectivity index (χ2v) is 6.33. The molecule has 0 spiro atoms. The average Bonchev–Trinajstić information content (AvgIpc) is 3.23. The van der Waals surface area contributed by atoms with E-state index in [1.165, 1.54) is 30.4 Å². The molecule has 0 fully saturated rings. The highest BCUT2D eigenvalue weighted by atomic mass is 35.5. The van der Waals surface area contributed by atoms with Crippen LogP contribution in [0.2, 0.25) is 5.02 Å². The third kappa shape index (κ3) is 3.52. The Bertz CT molecular complexity index is 889. The van der Waals surface area contributed by atoms with E-state index in [4.69, 9.17) is 31.1 Å². The van der Waals surface area contributed by atoms with Crippen LogP contribution in [0.15, 0.2) is 23.6 Å². The summed E-state index contributed by atoms with van der Waals surface area (Å²) in [6.07, 6.45) is -1.06. The minimum atomic E-state index is -1.06. The van der Waals surface area contributed by atoms with Crippen LogP contribution in [-0.4, -0.2) is 24.8 Å². The van der Waals surface area contributed by atoms with Gasteiger partial charge in [-0.25, -0.2) is 4.79 Å². The molecule has 7 nitrogen and oxygen atoms in total. The van der Waals surface area contributed by atoms with Gasteiger partial charge in [0.05, 0.1) is 16.1 Å². The van der Waals surface area contributed by atoms with Crippen molar-refractivity contribution < 1.29 is 23.8 Å². The van der Waals surface area contributed by atoms with Crippen molar-refractivity contribution in [2.45, 2.75) is 13.0 Å². The molecule has 25 heavy (non-hydrogen) atoms. The standard InChI is InChI=1S/C16H11ClN2O5S/c1-8(14(20)19-15-9(6-18)2-3-25-15)24-16(21)10-4-11(17)13-12(5-10)22-7-23-13/h2-5,8H,7H2,1H3,(H,19,20)/t8-/m1/s1. The zero-order valence-electron chi connectivity index (χ0n) is 12.9. The SMILES string of the molecule is C[C@@H](OC(=O)c1cc(Cl)c2c(c1)OCO2)C(=O)Nc1sccc1C#N. The third-order valence-electron chi connectivity index (χ3n) is 3.34. The van der Waals surface area contributed by atoms with Gasteiger partial charge in [-0.2, -0.15) is 5.26 Å². The van der Waals surface area contributed by atoms with Gasteiger partial charge in [0.1, 0.15) is 11.1 Å². The zero-order chi connectivity index (χ0) is 18.0. The van der Waals surface area contributed by atoms with Crippen LogP contribution in [0.5, 0.6) is 11.5 Å². The summed E-state index contributed by atoms with van der Waals surface area (Å²) < 4.78 is 15.5. The van der Waals surface area contributed by atoms with Gasteiger partial charge >= 0.3 is 5.97 Å². The van der Waals surface area contributed by atoms with Gasteiger partial charge < -0.3 is 19.5 Å². The zero-order valence-corrected chi connectivity index (χ0v) is 14.4. The average molecular weight is 379 g/mol. The number of anilines is 1. The predicted octanol–water partition coefficient (Wildman–Crippen LogP) is 3.19. The first-order valence-corrected chi connectivity index (χ1v) is 8.34. The summed E-state index contributed by atoms with van der Waals surface area (Å²) in [5.41, 5.74) is 0.488. The van der Waals surface area contributed by atoms with E-state index >= 15 is 0 Å². The Morgan fingerprint density at radius 2 is 2.24 bits per heavy atom. The highest BCUT2D eigenvalue weighted by Gasteiger charge is 2.24. The summed E-state index contributed by atoms with van der Waals surface area (Å²) >= 11 is 7.23. The largest absolute Gasteiger partial charge is 0.454 e. The maximum atomic E-state index is 12.2. The van der Waals surface area contributed by atoms with E-state index in [1.54, 1.807) is 11.4 Å². The Balaban J connectivity index is 1.67. The molecule has 1 N–H and O–H groups in total. The van der Waals surface area contributed by atoms with E-state index in [-0.39, 0.29) is 17.4 Å². The number of nitrogens with one attached hydrogen (secondary N) is 1. The number of thiophene rings is 1. The van der Waals surface area contributed by atoms with Crippen molar-refractivity contribution in [1.29, 1.82) is 5.26 Å². The topological polar surface area (TPSA) is 97.7 Å². The van der Waals surface area contributed by atoms with Crippen LogP contribution >= 0.6 is 22.9 Å². The summed E-state index contributed by atoms with van der Waals surface area (Å²) in [6, 6.07) is 6.38. The van der Waals surface area contributed by atoms with Crippen LogP contribution in [0.1, 0.15) is 22.8 Å². The fourth-order valence-corrected chi connectivity index (χ4v) is 3.08. The van der Waals surface area contributed by atoms with Gasteiger partial charge in [0, 0.05) is 0 Å². The number of hydrogen-bond donors (Lipinski definition) is 1. The molecular formula is C16H11ClN2O5S. The van der Waals surface area contributed by atoms with Gasteiger partial charge in [-0.3, -0.25) is 4.79 Å². The van der Waals surface area contributed by atoms with E-state index in [2.05, 4.69) is 5.32 Å². The summed E-state index contributed by atoms with van der Waals surface area (Å²) in [5.74, 6) is -0.562. The molecule has 128 valence electrons. The normalized spacial score (nSPS) is 13.0. The smallest absolute Gasteiger partial charge is 0.339 e. The lowest BCUT2D eigenvalue weighted by Gasteiger charge is -2.13. The van der Waals surface area contributed by atoms with E-state index in [0.717, 1.165) is 0 Å². The molecule has 0 radical (unpaired) electrons. The van der Waals surface area contributed by atoms with Crippen LogP contribution in [0.4, 0.5) is 5.00 Å². The highest BCUT2D eigenvalue weighted by molar-refractivity contribution is 7.14. The molecule has 1 aliphatic heterocycles. The van der Waals surface area contributed by atoms with Crippen LogP contribution in [-0.2, 0) is 9.53 Å². The number of fused-ring (bicyclic) bond motifs is 1. The fourth-order valence-electron chi connectivity index (χ4n) is 2.07. The Kier molecular flexibility index (Phi) is 4.79. The lowest BCUT2D eigenvalue weighted by molar-refractivity contribution is -0.123. The Labute approximate surface area is 151 Å². The van der Waals surface area contributed by atoms with E-state index in [1.807, 2.05) is 6.07 Å². The van der Waals surface area contributed by atoms with Gasteiger partial charge in [0.15, 0.2) is 17.6 Å². The van der Waals surface area contributed by atoms with Crippen LogP contribution in [0.25, 0.3) is 0 Å². The molecule has 0 unspecified atom stereocenters. The minimum Gasteiger partial charge on any atom is -0.454 e. The number of ether oxygens (including phenoxy) is 3. The maximum absolute atomic E-state index is 12.2. The summed E-state index contributed by atoms with van der Waals surface area (Å²) in [4.78, 5) is 24.4. The highest BCUT2D eigenvalue weighted by Crippen LogP contribution is 2.40. The van der Waals surface area contributed by atoms with Gasteiger partial charge in [-0.1, -0.05) is 11.6 Å². The Morgan fingerprint density at radius 3 is 3.00 bits per heavy atom. The molecule has 1 aromatic carbocycles. The molecule has 0 bridgehead atoms. The monoisotopic (exact) mass is 378 g/mol. The van der Waals surface area contributed by atoms with Crippen molar-refractivity contribution >= 4 is 39.8 Å². The van der Waals surface area contributed by atoms with Crippen molar-refractivity contribution in [2.75, 3.05) is 12.1 Å². The number of amides is 1. The van der Waals surface area contributed by atoms with Crippen molar-refractivity contribution in [3.8, 4) is 17.6 Å². The van der Waals surface area contributed by atoms with Crippen LogP contribution in [0.3, 0.4) is 0 Å². The van der Waals surface area contributed by atoms with Crippen LogP contribution in [0, 0.1) is 11.3 Å². The van der Waals surface area contributed by atoms with E-state index in [9.17, 15) is 9.59 Å². The lowest BCUT2D eigenvalue weighted by Crippen LogP contribution is -2.29. The number of hydrogen-bond acceptors (Lipinski definition) is 7. The lowest BCUT2D eigenvalue weighted by atomic mass is 10.2. The molecule has 1 aromatic heterocycles. The number of benzene rings is 1. The van der Waals surface area contributed by atoms with Crippen molar-refractivity contribution in [1.82, 2.24) is 0 Å². The molecule has 0 aliphatic carbocycles. The first-order valence-electron chi connectivity index (χ1n) is 7.08. The molecule has 2 heterocycles. The van der Waals surface area contributed by atoms with Crippen LogP contribution < -0.4 is 14.8 Å². The number of nitriles is 1. The number of rotatable bonds is 4. The van der Waals surface area contributed by atoms with Gasteiger partial charge in [-0.05, 0) is 30.5 Å². The van der Waals surface area contributed by atoms with Crippen molar-refractivity contribution in [3.63, 3.8) is 0 Å². The number of esters is 1. The number of carbonyl (C=O) groups excluding carboxylic acids is 2. The van der Waals surface area contributed by atoms with Gasteiger partial charge in [0.25, 0.3) is 5.91 Å². The molecule has 1 aliphatic rings. The van der Waals surface area contributed by atoms with Gasteiger partial charge in [-0.15, -0.1) is 11.3 Å². The number of halogens is 1. The fraction of sp³-hybridized carbons (Fsp3) is 0.188. The first kappa shape index (κ1) is 17.1. The quantitative estimate of drug-likeness (QED) is 0.820. The van der Waals surface area contributed by atoms with Gasteiger partial charge in [0.2, 0.25) is 6.79 Å². The van der Waals surface area contributed by atoms with E-state index in [0.29, 0.717) is 22.1 Å². The molecular weight excluding hydrogens is 368 g/mol. The molecule has 2 aromatic rings. The maximum Gasteiger partial charge on any atom is 0.339 e. The summed E-state index contributed by atoms with van der Waals surface area (Å²) in [6.45, 7) is 1.45. The van der Waals surface area contributed by atoms with Crippen molar-refractivity contribution in [3.05, 3.63) is 39.7 Å². The predicted molar refractivity (Wildman–Crippen MR) is 90.1 cm³/mol. The summed E-state index contributed by atoms with van der Waals surface area (Å²) in [7, 11) is 0. The molecule has 1 atom stereocenters. The Morgan fingerprint density at radius 1 is 1.44 bits per heavy atom. The summed E-state index contributed by atoms with van der Waals surface area (Å²) in [5, 5.41) is 13.8. The second-order valence-electron chi connectivity index (χ2n) is 5.00. The molecule has 0 saturated heterocycles.